The van der Waals surface area contributed by atoms with E-state index in [1.165, 1.54) is 35.4 Å². The van der Waals surface area contributed by atoms with Crippen LogP contribution in [0, 0.1) is 6.92 Å². The summed E-state index contributed by atoms with van der Waals surface area (Å²) in [5, 5.41) is 3.29. The smallest absolute Gasteiger partial charge is 0.189 e. The Bertz CT molecular complexity index is 370. The van der Waals surface area contributed by atoms with Crippen LogP contribution in [0.1, 0.15) is 35.4 Å². The Hall–Kier alpha value is -0.300. The molecule has 0 aromatic carbocycles. The lowest BCUT2D eigenvalue weighted by molar-refractivity contribution is 0.625. The van der Waals surface area contributed by atoms with Gasteiger partial charge in [-0.05, 0) is 31.9 Å². The number of aryl methyl sites for hydroxylation is 1. The van der Waals surface area contributed by atoms with Crippen LogP contribution in [0.25, 0.3) is 0 Å². The monoisotopic (exact) mass is 365 g/mol. The topological polar surface area (TPSA) is 50.4 Å². The Balaban J connectivity index is 0.00000144. The van der Waals surface area contributed by atoms with Crippen molar-refractivity contribution in [3.63, 3.8) is 0 Å². The first-order chi connectivity index (χ1) is 7.74. The quantitative estimate of drug-likeness (QED) is 0.492. The van der Waals surface area contributed by atoms with E-state index in [-0.39, 0.29) is 24.0 Å². The van der Waals surface area contributed by atoms with E-state index in [9.17, 15) is 0 Å². The highest BCUT2D eigenvalue weighted by Gasteiger charge is 2.14. The number of guanidine groups is 1. The summed E-state index contributed by atoms with van der Waals surface area (Å²) in [4.78, 5) is 6.96. The first-order valence-electron chi connectivity index (χ1n) is 5.86. The van der Waals surface area contributed by atoms with Crippen LogP contribution in [0.15, 0.2) is 17.1 Å². The number of nitrogens with one attached hydrogen (secondary N) is 1. The number of nitrogens with zero attached hydrogens (tertiary/aromatic N) is 1. The van der Waals surface area contributed by atoms with Crippen LogP contribution < -0.4 is 11.1 Å². The molecule has 1 saturated carbocycles. The third-order valence-corrected chi connectivity index (χ3v) is 3.89. The predicted octanol–water partition coefficient (Wildman–Crippen LogP) is 3.02. The molecule has 0 atom stereocenters. The molecule has 0 radical (unpaired) electrons. The van der Waals surface area contributed by atoms with Crippen LogP contribution in [0.5, 0.6) is 0 Å². The van der Waals surface area contributed by atoms with Crippen LogP contribution >= 0.6 is 35.3 Å². The third-order valence-electron chi connectivity index (χ3n) is 2.91. The van der Waals surface area contributed by atoms with Crippen molar-refractivity contribution in [1.29, 1.82) is 0 Å². The third kappa shape index (κ3) is 4.83. The molecule has 3 N–H and O–H groups in total. The SMILES string of the molecule is Cc1ccc(CN=C(N)NC2CCCC2)s1.I. The Morgan fingerprint density at radius 1 is 1.47 bits per heavy atom. The molecule has 0 saturated heterocycles. The van der Waals surface area contributed by atoms with Gasteiger partial charge in [0.25, 0.3) is 0 Å². The van der Waals surface area contributed by atoms with Gasteiger partial charge in [0.15, 0.2) is 5.96 Å². The number of hydrogen-bond acceptors (Lipinski definition) is 2. The minimum atomic E-state index is 0. The van der Waals surface area contributed by atoms with Crippen molar-refractivity contribution in [2.75, 3.05) is 0 Å². The number of nitrogens with two attached hydrogens (primary N) is 1. The highest BCUT2D eigenvalue weighted by molar-refractivity contribution is 14.0. The van der Waals surface area contributed by atoms with E-state index < -0.39 is 0 Å². The van der Waals surface area contributed by atoms with Gasteiger partial charge in [-0.3, -0.25) is 0 Å². The molecule has 0 amide bonds. The Morgan fingerprint density at radius 3 is 2.76 bits per heavy atom. The average molecular weight is 365 g/mol. The zero-order chi connectivity index (χ0) is 11.4. The molecule has 1 aromatic heterocycles. The number of thiophene rings is 1. The zero-order valence-corrected chi connectivity index (χ0v) is 13.3. The minimum absolute atomic E-state index is 0. The molecule has 1 fully saturated rings. The lowest BCUT2D eigenvalue weighted by Crippen LogP contribution is -2.38. The summed E-state index contributed by atoms with van der Waals surface area (Å²) < 4.78 is 0. The maximum atomic E-state index is 5.85. The highest BCUT2D eigenvalue weighted by Crippen LogP contribution is 2.18. The molecule has 1 heterocycles. The largest absolute Gasteiger partial charge is 0.370 e. The number of rotatable bonds is 3. The Labute approximate surface area is 124 Å². The molecule has 5 heteroatoms. The van der Waals surface area contributed by atoms with E-state index in [4.69, 9.17) is 5.73 Å². The van der Waals surface area contributed by atoms with Crippen molar-refractivity contribution >= 4 is 41.3 Å². The van der Waals surface area contributed by atoms with Crippen LogP contribution in [0.3, 0.4) is 0 Å². The van der Waals surface area contributed by atoms with E-state index in [0.717, 1.165) is 0 Å². The number of halogens is 1. The summed E-state index contributed by atoms with van der Waals surface area (Å²) in [6.45, 7) is 2.81. The first-order valence-corrected chi connectivity index (χ1v) is 6.67. The molecular formula is C12H20IN3S. The molecule has 96 valence electrons. The van der Waals surface area contributed by atoms with Gasteiger partial charge in [-0.2, -0.15) is 0 Å². The normalized spacial score (nSPS) is 16.9. The molecule has 2 rings (SSSR count). The molecule has 17 heavy (non-hydrogen) atoms. The van der Waals surface area contributed by atoms with Gasteiger partial charge in [0.2, 0.25) is 0 Å². The van der Waals surface area contributed by atoms with E-state index >= 15 is 0 Å². The second-order valence-electron chi connectivity index (χ2n) is 4.34. The predicted molar refractivity (Wildman–Crippen MR) is 85.2 cm³/mol. The molecule has 0 bridgehead atoms. The van der Waals surface area contributed by atoms with Gasteiger partial charge in [0.1, 0.15) is 0 Å². The molecule has 0 aliphatic heterocycles. The van der Waals surface area contributed by atoms with E-state index in [1.54, 1.807) is 11.3 Å². The fraction of sp³-hybridized carbons (Fsp3) is 0.583. The van der Waals surface area contributed by atoms with Crippen LogP contribution in [0.4, 0.5) is 0 Å². The molecule has 3 nitrogen and oxygen atoms in total. The fourth-order valence-corrected chi connectivity index (χ4v) is 2.87. The molecule has 1 aliphatic carbocycles. The van der Waals surface area contributed by atoms with Crippen molar-refractivity contribution in [2.24, 2.45) is 10.7 Å². The van der Waals surface area contributed by atoms with Crippen molar-refractivity contribution in [1.82, 2.24) is 5.32 Å². The highest BCUT2D eigenvalue weighted by atomic mass is 127. The fourth-order valence-electron chi connectivity index (χ4n) is 2.06. The average Bonchev–Trinajstić information content (AvgIpc) is 2.87. The van der Waals surface area contributed by atoms with Gasteiger partial charge in [0.05, 0.1) is 6.54 Å². The second-order valence-corrected chi connectivity index (χ2v) is 5.71. The van der Waals surface area contributed by atoms with Gasteiger partial charge in [-0.15, -0.1) is 35.3 Å². The van der Waals surface area contributed by atoms with Crippen molar-refractivity contribution < 1.29 is 0 Å². The second kappa shape index (κ2) is 7.20. The molecular weight excluding hydrogens is 345 g/mol. The van der Waals surface area contributed by atoms with Gasteiger partial charge in [-0.25, -0.2) is 4.99 Å². The summed E-state index contributed by atoms with van der Waals surface area (Å²) in [6, 6.07) is 4.79. The van der Waals surface area contributed by atoms with Crippen molar-refractivity contribution in [2.45, 2.75) is 45.2 Å². The van der Waals surface area contributed by atoms with Crippen molar-refractivity contribution in [3.8, 4) is 0 Å². The van der Waals surface area contributed by atoms with Crippen LogP contribution in [-0.2, 0) is 6.54 Å². The number of aliphatic imine (C=N–C) groups is 1. The number of hydrogen-bond donors (Lipinski definition) is 2. The molecule has 1 aliphatic rings. The maximum Gasteiger partial charge on any atom is 0.189 e. The molecule has 0 spiro atoms. The summed E-state index contributed by atoms with van der Waals surface area (Å²) in [7, 11) is 0. The lowest BCUT2D eigenvalue weighted by Gasteiger charge is -2.11. The van der Waals surface area contributed by atoms with Crippen LogP contribution in [-0.4, -0.2) is 12.0 Å². The van der Waals surface area contributed by atoms with Gasteiger partial charge >= 0.3 is 0 Å². The first kappa shape index (κ1) is 14.8. The Kier molecular flexibility index (Phi) is 6.26. The minimum Gasteiger partial charge on any atom is -0.370 e. The van der Waals surface area contributed by atoms with Gasteiger partial charge in [-0.1, -0.05) is 12.8 Å². The van der Waals surface area contributed by atoms with Gasteiger partial charge < -0.3 is 11.1 Å². The summed E-state index contributed by atoms with van der Waals surface area (Å²) in [5.41, 5.74) is 5.85. The van der Waals surface area contributed by atoms with E-state index in [1.807, 2.05) is 0 Å². The zero-order valence-electron chi connectivity index (χ0n) is 10.1. The Morgan fingerprint density at radius 2 is 2.18 bits per heavy atom. The summed E-state index contributed by atoms with van der Waals surface area (Å²) in [5.74, 6) is 0.595. The molecule has 1 aromatic rings. The van der Waals surface area contributed by atoms with Gasteiger partial charge in [0, 0.05) is 15.8 Å². The standard InChI is InChI=1S/C12H19N3S.HI/c1-9-6-7-11(16-9)8-14-12(13)15-10-4-2-3-5-10;/h6-7,10H,2-5,8H2,1H3,(H3,13,14,15);1H. The molecule has 0 unspecified atom stereocenters. The lowest BCUT2D eigenvalue weighted by atomic mass is 10.2. The van der Waals surface area contributed by atoms with Crippen molar-refractivity contribution in [3.05, 3.63) is 21.9 Å². The maximum absolute atomic E-state index is 5.85. The summed E-state index contributed by atoms with van der Waals surface area (Å²) in [6.07, 6.45) is 5.09. The van der Waals surface area contributed by atoms with E-state index in [2.05, 4.69) is 29.4 Å². The summed E-state index contributed by atoms with van der Waals surface area (Å²) >= 11 is 1.78. The van der Waals surface area contributed by atoms with Crippen LogP contribution in [0.2, 0.25) is 0 Å². The van der Waals surface area contributed by atoms with E-state index in [0.29, 0.717) is 18.5 Å².